The summed E-state index contributed by atoms with van der Waals surface area (Å²) in [5.41, 5.74) is -0.369. The van der Waals surface area contributed by atoms with Gasteiger partial charge in [-0.15, -0.1) is 0 Å². The number of hydrogen-bond acceptors (Lipinski definition) is 4. The van der Waals surface area contributed by atoms with Crippen molar-refractivity contribution in [1.29, 1.82) is 5.26 Å². The van der Waals surface area contributed by atoms with E-state index in [0.717, 1.165) is 5.56 Å². The van der Waals surface area contributed by atoms with Gasteiger partial charge in [-0.2, -0.15) is 5.26 Å². The van der Waals surface area contributed by atoms with Crippen LogP contribution in [0.15, 0.2) is 30.3 Å². The molecule has 96 valence electrons. The monoisotopic (exact) mass is 265 g/mol. The van der Waals surface area contributed by atoms with Crippen molar-refractivity contribution in [2.45, 2.75) is 18.1 Å². The van der Waals surface area contributed by atoms with E-state index in [2.05, 4.69) is 0 Å². The number of benzene rings is 1. The highest BCUT2D eigenvalue weighted by Crippen LogP contribution is 2.62. The average Bonchev–Trinajstić information content (AvgIpc) is 3.10. The van der Waals surface area contributed by atoms with Crippen molar-refractivity contribution in [2.24, 2.45) is 5.41 Å². The fourth-order valence-corrected chi connectivity index (χ4v) is 4.61. The van der Waals surface area contributed by atoms with Gasteiger partial charge in [0.05, 0.1) is 17.9 Å². The molecule has 0 amide bonds. The lowest BCUT2D eigenvalue weighted by Crippen LogP contribution is -2.19. The lowest BCUT2D eigenvalue weighted by Gasteiger charge is -2.03. The third kappa shape index (κ3) is 1.73. The van der Waals surface area contributed by atoms with Crippen LogP contribution in [0.4, 0.5) is 0 Å². The zero-order valence-electron chi connectivity index (χ0n) is 10.1. The largest absolute Gasteiger partial charge is 0.395 e. The maximum atomic E-state index is 12.0. The molecule has 0 radical (unpaired) electrons. The van der Waals surface area contributed by atoms with Crippen LogP contribution >= 0.6 is 0 Å². The Morgan fingerprint density at radius 2 is 2.00 bits per heavy atom. The molecule has 0 spiro atoms. The van der Waals surface area contributed by atoms with Crippen LogP contribution in [0.5, 0.6) is 0 Å². The van der Waals surface area contributed by atoms with Crippen molar-refractivity contribution in [3.8, 4) is 6.07 Å². The smallest absolute Gasteiger partial charge is 0.155 e. The summed E-state index contributed by atoms with van der Waals surface area (Å²) in [5, 5.41) is 17.9. The first kappa shape index (κ1) is 13.1. The van der Waals surface area contributed by atoms with Gasteiger partial charge in [0.2, 0.25) is 0 Å². The van der Waals surface area contributed by atoms with Gasteiger partial charge in [0.15, 0.2) is 9.84 Å². The zero-order chi connectivity index (χ0) is 13.4. The Morgan fingerprint density at radius 1 is 1.39 bits per heavy atom. The molecule has 1 aromatic rings. The number of nitriles is 1. The number of rotatable bonds is 4. The molecule has 0 aliphatic heterocycles. The first-order valence-corrected chi connectivity index (χ1v) is 7.53. The molecule has 0 unspecified atom stereocenters. The molecule has 0 heterocycles. The van der Waals surface area contributed by atoms with Crippen molar-refractivity contribution in [1.82, 2.24) is 0 Å². The highest BCUT2D eigenvalue weighted by atomic mass is 32.2. The second-order valence-electron chi connectivity index (χ2n) is 4.57. The molecular formula is C13H15NO3S. The molecule has 2 rings (SSSR count). The molecule has 5 heteroatoms. The average molecular weight is 265 g/mol. The summed E-state index contributed by atoms with van der Waals surface area (Å²) in [6.07, 6.45) is 0. The Morgan fingerprint density at radius 3 is 2.44 bits per heavy atom. The molecule has 1 aliphatic rings. The number of sulfone groups is 1. The first-order valence-electron chi connectivity index (χ1n) is 5.82. The molecule has 1 aromatic carbocycles. The summed E-state index contributed by atoms with van der Waals surface area (Å²) in [6.45, 7) is 1.14. The normalized spacial score (nSPS) is 30.7. The van der Waals surface area contributed by atoms with Crippen LogP contribution in [-0.2, 0) is 9.84 Å². The number of aliphatic hydroxyl groups is 1. The molecule has 1 saturated carbocycles. The van der Waals surface area contributed by atoms with E-state index in [1.807, 2.05) is 24.3 Å². The molecule has 0 bridgehead atoms. The minimum Gasteiger partial charge on any atom is -0.395 e. The van der Waals surface area contributed by atoms with Crippen LogP contribution in [0.2, 0.25) is 0 Å². The predicted octanol–water partition coefficient (Wildman–Crippen LogP) is 1.09. The fraction of sp³-hybridized carbons (Fsp3) is 0.462. The molecule has 0 saturated heterocycles. The van der Waals surface area contributed by atoms with E-state index in [0.29, 0.717) is 0 Å². The lowest BCUT2D eigenvalue weighted by molar-refractivity contribution is 0.242. The molecule has 18 heavy (non-hydrogen) atoms. The summed E-state index contributed by atoms with van der Waals surface area (Å²) in [4.78, 5) is 0. The Labute approximate surface area is 107 Å². The highest BCUT2D eigenvalue weighted by Gasteiger charge is 2.71. The minimum absolute atomic E-state index is 0.00949. The topological polar surface area (TPSA) is 78.2 Å². The molecule has 1 fully saturated rings. The van der Waals surface area contributed by atoms with Crippen LogP contribution < -0.4 is 0 Å². The van der Waals surface area contributed by atoms with E-state index < -0.39 is 33.0 Å². The SMILES string of the molecule is CCS(=O)(=O)[C@@H]1[C@@H](c2ccccc2)[C@@]1(C#N)CO. The molecule has 1 aliphatic carbocycles. The van der Waals surface area contributed by atoms with Crippen LogP contribution in [0, 0.1) is 16.7 Å². The van der Waals surface area contributed by atoms with Gasteiger partial charge in [0, 0.05) is 11.7 Å². The molecule has 4 nitrogen and oxygen atoms in total. The van der Waals surface area contributed by atoms with Crippen molar-refractivity contribution in [3.63, 3.8) is 0 Å². The first-order chi connectivity index (χ1) is 8.53. The maximum absolute atomic E-state index is 12.0. The van der Waals surface area contributed by atoms with Gasteiger partial charge in [0.25, 0.3) is 0 Å². The second-order valence-corrected chi connectivity index (χ2v) is 6.98. The van der Waals surface area contributed by atoms with E-state index in [-0.39, 0.29) is 5.75 Å². The fourth-order valence-electron chi connectivity index (χ4n) is 2.60. The Balaban J connectivity index is 2.46. The summed E-state index contributed by atoms with van der Waals surface area (Å²) in [6, 6.07) is 11.1. The van der Waals surface area contributed by atoms with E-state index in [4.69, 9.17) is 0 Å². The van der Waals surface area contributed by atoms with Gasteiger partial charge in [0.1, 0.15) is 5.41 Å². The quantitative estimate of drug-likeness (QED) is 0.884. The summed E-state index contributed by atoms with van der Waals surface area (Å²) < 4.78 is 24.0. The predicted molar refractivity (Wildman–Crippen MR) is 67.6 cm³/mol. The molecular weight excluding hydrogens is 250 g/mol. The van der Waals surface area contributed by atoms with Crippen molar-refractivity contribution < 1.29 is 13.5 Å². The van der Waals surface area contributed by atoms with Gasteiger partial charge in [-0.05, 0) is 5.56 Å². The molecule has 3 atom stereocenters. The highest BCUT2D eigenvalue weighted by molar-refractivity contribution is 7.92. The Bertz CT molecular complexity index is 576. The third-order valence-electron chi connectivity index (χ3n) is 3.67. The van der Waals surface area contributed by atoms with E-state index in [9.17, 15) is 18.8 Å². The summed E-state index contributed by atoms with van der Waals surface area (Å²) >= 11 is 0. The van der Waals surface area contributed by atoms with Gasteiger partial charge >= 0.3 is 0 Å². The van der Waals surface area contributed by atoms with Crippen molar-refractivity contribution >= 4 is 9.84 Å². The number of hydrogen-bond donors (Lipinski definition) is 1. The lowest BCUT2D eigenvalue weighted by atomic mass is 10.0. The van der Waals surface area contributed by atoms with Gasteiger partial charge < -0.3 is 5.11 Å². The van der Waals surface area contributed by atoms with E-state index in [1.54, 1.807) is 19.1 Å². The maximum Gasteiger partial charge on any atom is 0.155 e. The molecule has 1 N–H and O–H groups in total. The van der Waals surface area contributed by atoms with E-state index in [1.165, 1.54) is 0 Å². The third-order valence-corrected chi connectivity index (χ3v) is 5.95. The Hall–Kier alpha value is -1.38. The zero-order valence-corrected chi connectivity index (χ0v) is 10.9. The van der Waals surface area contributed by atoms with Crippen molar-refractivity contribution in [3.05, 3.63) is 35.9 Å². The molecule has 0 aromatic heterocycles. The van der Waals surface area contributed by atoms with Crippen LogP contribution in [0.25, 0.3) is 0 Å². The van der Waals surface area contributed by atoms with Crippen molar-refractivity contribution in [2.75, 3.05) is 12.4 Å². The van der Waals surface area contributed by atoms with Crippen LogP contribution in [0.1, 0.15) is 18.4 Å². The van der Waals surface area contributed by atoms with Gasteiger partial charge in [-0.25, -0.2) is 8.42 Å². The van der Waals surface area contributed by atoms with Gasteiger partial charge in [-0.3, -0.25) is 0 Å². The summed E-state index contributed by atoms with van der Waals surface area (Å²) in [5.74, 6) is -0.427. The van der Waals surface area contributed by atoms with Gasteiger partial charge in [-0.1, -0.05) is 37.3 Å². The Kier molecular flexibility index (Phi) is 3.18. The van der Waals surface area contributed by atoms with Crippen LogP contribution in [0.3, 0.4) is 0 Å². The summed E-state index contributed by atoms with van der Waals surface area (Å²) in [7, 11) is -3.34. The standard InChI is InChI=1S/C13H15NO3S/c1-2-18(16,17)12-11(13(12,8-14)9-15)10-6-4-3-5-7-10/h3-7,11-12,15H,2,9H2,1H3/t11-,12-,13-/m1/s1. The second kappa shape index (κ2) is 4.38. The van der Waals surface area contributed by atoms with E-state index >= 15 is 0 Å². The number of aliphatic hydroxyl groups excluding tert-OH is 1. The minimum atomic E-state index is -3.34. The van der Waals surface area contributed by atoms with Crippen LogP contribution in [-0.4, -0.2) is 31.1 Å². The number of nitrogens with zero attached hydrogens (tertiary/aromatic N) is 1.